The number of fused-ring (bicyclic) bond motifs is 1. The summed E-state index contributed by atoms with van der Waals surface area (Å²) in [5.74, 6) is 2.54. The zero-order valence-corrected chi connectivity index (χ0v) is 11.2. The second-order valence-electron chi connectivity index (χ2n) is 5.99. The van der Waals surface area contributed by atoms with Gasteiger partial charge in [-0.3, -0.25) is 0 Å². The lowest BCUT2D eigenvalue weighted by molar-refractivity contribution is 0.244. The molecule has 3 rings (SSSR count). The van der Waals surface area contributed by atoms with Gasteiger partial charge in [0.2, 0.25) is 0 Å². The lowest BCUT2D eigenvalue weighted by atomic mass is 9.77. The van der Waals surface area contributed by atoms with Crippen molar-refractivity contribution < 1.29 is 4.74 Å². The van der Waals surface area contributed by atoms with Crippen LogP contribution in [-0.4, -0.2) is 6.61 Å². The fourth-order valence-corrected chi connectivity index (χ4v) is 3.56. The second-order valence-corrected chi connectivity index (χ2v) is 5.99. The van der Waals surface area contributed by atoms with Crippen molar-refractivity contribution >= 4 is 0 Å². The summed E-state index contributed by atoms with van der Waals surface area (Å²) in [5, 5.41) is 0. The molecule has 1 aromatic carbocycles. The first-order valence-electron chi connectivity index (χ1n) is 7.26. The van der Waals surface area contributed by atoms with E-state index in [2.05, 4.69) is 25.1 Å². The van der Waals surface area contributed by atoms with Gasteiger partial charge >= 0.3 is 0 Å². The average molecular weight is 245 g/mol. The second kappa shape index (κ2) is 4.93. The Bertz CT molecular complexity index is 429. The molecule has 0 amide bonds. The number of nitrogens with two attached hydrogens (primary N) is 1. The van der Waals surface area contributed by atoms with Crippen LogP contribution in [0, 0.1) is 11.8 Å². The average Bonchev–Trinajstić information content (AvgIpc) is 2.86. The number of hydrogen-bond acceptors (Lipinski definition) is 2. The number of benzene rings is 1. The van der Waals surface area contributed by atoms with Crippen LogP contribution >= 0.6 is 0 Å². The Morgan fingerprint density at radius 2 is 2.22 bits per heavy atom. The van der Waals surface area contributed by atoms with Crippen molar-refractivity contribution in [3.05, 3.63) is 29.3 Å². The van der Waals surface area contributed by atoms with Gasteiger partial charge in [0.1, 0.15) is 5.75 Å². The van der Waals surface area contributed by atoms with E-state index in [9.17, 15) is 0 Å². The normalized spacial score (nSPS) is 28.6. The van der Waals surface area contributed by atoms with Gasteiger partial charge in [0.05, 0.1) is 6.61 Å². The van der Waals surface area contributed by atoms with Crippen LogP contribution in [0.15, 0.2) is 18.2 Å². The number of ether oxygens (including phenoxy) is 1. The summed E-state index contributed by atoms with van der Waals surface area (Å²) in [6.07, 6.45) is 6.28. The minimum Gasteiger partial charge on any atom is -0.493 e. The Balaban J connectivity index is 1.84. The van der Waals surface area contributed by atoms with Crippen LogP contribution < -0.4 is 10.5 Å². The molecule has 0 spiro atoms. The van der Waals surface area contributed by atoms with Gasteiger partial charge in [0, 0.05) is 18.0 Å². The molecule has 3 atom stereocenters. The Morgan fingerprint density at radius 3 is 3.06 bits per heavy atom. The van der Waals surface area contributed by atoms with Gasteiger partial charge in [-0.2, -0.15) is 0 Å². The van der Waals surface area contributed by atoms with Crippen LogP contribution in [0.5, 0.6) is 5.75 Å². The third kappa shape index (κ3) is 2.14. The summed E-state index contributed by atoms with van der Waals surface area (Å²) >= 11 is 0. The predicted molar refractivity (Wildman–Crippen MR) is 73.7 cm³/mol. The van der Waals surface area contributed by atoms with Crippen molar-refractivity contribution in [3.63, 3.8) is 0 Å². The molecule has 2 nitrogen and oxygen atoms in total. The van der Waals surface area contributed by atoms with Crippen molar-refractivity contribution in [3.8, 4) is 5.75 Å². The lowest BCUT2D eigenvalue weighted by Gasteiger charge is -2.32. The van der Waals surface area contributed by atoms with E-state index in [0.717, 1.165) is 24.7 Å². The largest absolute Gasteiger partial charge is 0.493 e. The molecule has 2 N–H and O–H groups in total. The Labute approximate surface area is 110 Å². The highest BCUT2D eigenvalue weighted by atomic mass is 16.5. The van der Waals surface area contributed by atoms with E-state index >= 15 is 0 Å². The molecule has 0 saturated heterocycles. The van der Waals surface area contributed by atoms with Crippen molar-refractivity contribution in [2.75, 3.05) is 6.61 Å². The first-order chi connectivity index (χ1) is 8.75. The third-order valence-electron chi connectivity index (χ3n) is 4.59. The maximum absolute atomic E-state index is 6.52. The highest BCUT2D eigenvalue weighted by Crippen LogP contribution is 2.40. The quantitative estimate of drug-likeness (QED) is 0.866. The number of rotatable bonds is 2. The van der Waals surface area contributed by atoms with E-state index in [1.54, 1.807) is 0 Å². The summed E-state index contributed by atoms with van der Waals surface area (Å²) in [7, 11) is 0. The minimum absolute atomic E-state index is 0.154. The SMILES string of the molecule is CC1CCCC(C(N)c2cccc3c2OCC3)C1. The molecule has 0 bridgehead atoms. The molecular weight excluding hydrogens is 222 g/mol. The van der Waals surface area contributed by atoms with Crippen LogP contribution in [0.1, 0.15) is 49.8 Å². The summed E-state index contributed by atoms with van der Waals surface area (Å²) in [6.45, 7) is 3.17. The first kappa shape index (κ1) is 12.0. The van der Waals surface area contributed by atoms with Crippen LogP contribution in [0.2, 0.25) is 0 Å². The smallest absolute Gasteiger partial charge is 0.127 e. The van der Waals surface area contributed by atoms with Gasteiger partial charge in [-0.05, 0) is 30.2 Å². The van der Waals surface area contributed by atoms with E-state index in [1.165, 1.54) is 36.8 Å². The summed E-state index contributed by atoms with van der Waals surface area (Å²) in [4.78, 5) is 0. The highest BCUT2D eigenvalue weighted by molar-refractivity contribution is 5.45. The van der Waals surface area contributed by atoms with Gasteiger partial charge < -0.3 is 10.5 Å². The molecule has 2 aliphatic rings. The molecule has 1 saturated carbocycles. The molecule has 98 valence electrons. The van der Waals surface area contributed by atoms with Gasteiger partial charge in [-0.25, -0.2) is 0 Å². The molecule has 0 aromatic heterocycles. The predicted octanol–water partition coefficient (Wildman–Crippen LogP) is 3.45. The third-order valence-corrected chi connectivity index (χ3v) is 4.59. The zero-order chi connectivity index (χ0) is 12.5. The van der Waals surface area contributed by atoms with Gasteiger partial charge in [0.15, 0.2) is 0 Å². The van der Waals surface area contributed by atoms with Crippen LogP contribution in [0.3, 0.4) is 0 Å². The van der Waals surface area contributed by atoms with Crippen LogP contribution in [0.4, 0.5) is 0 Å². The molecule has 18 heavy (non-hydrogen) atoms. The molecule has 2 heteroatoms. The molecule has 3 unspecified atom stereocenters. The topological polar surface area (TPSA) is 35.2 Å². The Hall–Kier alpha value is -1.02. The van der Waals surface area contributed by atoms with Crippen molar-refractivity contribution in [1.82, 2.24) is 0 Å². The minimum atomic E-state index is 0.154. The van der Waals surface area contributed by atoms with E-state index < -0.39 is 0 Å². The maximum Gasteiger partial charge on any atom is 0.127 e. The van der Waals surface area contributed by atoms with Crippen molar-refractivity contribution in [2.24, 2.45) is 17.6 Å². The summed E-state index contributed by atoms with van der Waals surface area (Å²) in [5.41, 5.74) is 9.10. The standard InChI is InChI=1S/C16H23NO/c1-11-4-2-6-13(10-11)15(17)14-7-3-5-12-8-9-18-16(12)14/h3,5,7,11,13,15H,2,4,6,8-10,17H2,1H3. The van der Waals surface area contributed by atoms with Crippen molar-refractivity contribution in [1.29, 1.82) is 0 Å². The molecule has 1 aliphatic heterocycles. The van der Waals surface area contributed by atoms with Crippen LogP contribution in [-0.2, 0) is 6.42 Å². The number of para-hydroxylation sites is 1. The maximum atomic E-state index is 6.52. The van der Waals surface area contributed by atoms with E-state index in [0.29, 0.717) is 5.92 Å². The summed E-state index contributed by atoms with van der Waals surface area (Å²) in [6, 6.07) is 6.62. The Morgan fingerprint density at radius 1 is 1.33 bits per heavy atom. The van der Waals surface area contributed by atoms with Gasteiger partial charge in [0.25, 0.3) is 0 Å². The molecule has 1 fully saturated rings. The molecule has 1 heterocycles. The van der Waals surface area contributed by atoms with E-state index in [4.69, 9.17) is 10.5 Å². The molecule has 1 aliphatic carbocycles. The monoisotopic (exact) mass is 245 g/mol. The molecule has 0 radical (unpaired) electrons. The van der Waals surface area contributed by atoms with E-state index in [-0.39, 0.29) is 6.04 Å². The lowest BCUT2D eigenvalue weighted by Crippen LogP contribution is -2.26. The number of hydrogen-bond donors (Lipinski definition) is 1. The fourth-order valence-electron chi connectivity index (χ4n) is 3.56. The van der Waals surface area contributed by atoms with Crippen molar-refractivity contribution in [2.45, 2.75) is 45.1 Å². The fraction of sp³-hybridized carbons (Fsp3) is 0.625. The van der Waals surface area contributed by atoms with E-state index in [1.807, 2.05) is 0 Å². The highest BCUT2D eigenvalue weighted by Gasteiger charge is 2.28. The first-order valence-corrected chi connectivity index (χ1v) is 7.26. The molecular formula is C16H23NO. The summed E-state index contributed by atoms with van der Waals surface area (Å²) < 4.78 is 5.79. The zero-order valence-electron chi connectivity index (χ0n) is 11.2. The molecule has 1 aromatic rings. The van der Waals surface area contributed by atoms with Gasteiger partial charge in [-0.15, -0.1) is 0 Å². The van der Waals surface area contributed by atoms with Gasteiger partial charge in [-0.1, -0.05) is 38.0 Å². The Kier molecular flexibility index (Phi) is 3.29. The van der Waals surface area contributed by atoms with Crippen LogP contribution in [0.25, 0.3) is 0 Å².